The summed E-state index contributed by atoms with van der Waals surface area (Å²) in [5, 5.41) is 12.8. The highest BCUT2D eigenvalue weighted by molar-refractivity contribution is 7.21. The number of nitrogens with zero attached hydrogens (tertiary/aromatic N) is 3. The molecule has 4 aromatic rings. The summed E-state index contributed by atoms with van der Waals surface area (Å²) in [6.07, 6.45) is 3.10. The van der Waals surface area contributed by atoms with E-state index >= 15 is 0 Å². The lowest BCUT2D eigenvalue weighted by molar-refractivity contribution is 0.0980. The van der Waals surface area contributed by atoms with Crippen LogP contribution in [0.5, 0.6) is 0 Å². The molecule has 0 saturated carbocycles. The van der Waals surface area contributed by atoms with E-state index in [-0.39, 0.29) is 11.7 Å². The number of benzene rings is 1. The zero-order valence-electron chi connectivity index (χ0n) is 15.8. The minimum absolute atomic E-state index is 0.0933. The van der Waals surface area contributed by atoms with Gasteiger partial charge in [-0.05, 0) is 25.3 Å². The number of hydrogen-bond acceptors (Lipinski definition) is 8. The minimum Gasteiger partial charge on any atom is -0.397 e. The summed E-state index contributed by atoms with van der Waals surface area (Å²) in [6.45, 7) is 0. The number of fused-ring (bicyclic) bond motifs is 2. The van der Waals surface area contributed by atoms with Gasteiger partial charge in [0.2, 0.25) is 5.13 Å². The minimum atomic E-state index is -0.354. The highest BCUT2D eigenvalue weighted by atomic mass is 32.1. The Balaban J connectivity index is 1.45. The van der Waals surface area contributed by atoms with Crippen LogP contribution < -0.4 is 11.1 Å². The van der Waals surface area contributed by atoms with Crippen molar-refractivity contribution in [2.45, 2.75) is 25.7 Å². The van der Waals surface area contributed by atoms with E-state index in [0.717, 1.165) is 35.5 Å². The van der Waals surface area contributed by atoms with E-state index in [1.807, 2.05) is 30.3 Å². The number of Topliss-reactive ketones (excluding diaryl/α,β-unsaturated/α-hetero) is 1. The van der Waals surface area contributed by atoms with Gasteiger partial charge in [-0.2, -0.15) is 0 Å². The molecule has 0 fully saturated rings. The fourth-order valence-electron chi connectivity index (χ4n) is 3.52. The second kappa shape index (κ2) is 7.58. The quantitative estimate of drug-likeness (QED) is 0.457. The molecule has 0 atom stereocenters. The zero-order valence-corrected chi connectivity index (χ0v) is 17.5. The molecule has 9 heteroatoms. The molecular formula is C21H17N5O2S2. The molecule has 1 aliphatic carbocycles. The average molecular weight is 436 g/mol. The second-order valence-electron chi connectivity index (χ2n) is 7.04. The highest BCUT2D eigenvalue weighted by Crippen LogP contribution is 2.36. The molecule has 0 unspecified atom stereocenters. The molecule has 0 spiro atoms. The van der Waals surface area contributed by atoms with Gasteiger partial charge in [0.1, 0.15) is 14.7 Å². The van der Waals surface area contributed by atoms with Gasteiger partial charge < -0.3 is 5.73 Å². The Morgan fingerprint density at radius 1 is 1.07 bits per heavy atom. The lowest BCUT2D eigenvalue weighted by Crippen LogP contribution is -2.11. The Kier molecular flexibility index (Phi) is 4.76. The monoisotopic (exact) mass is 435 g/mol. The third-order valence-electron chi connectivity index (χ3n) is 5.04. The van der Waals surface area contributed by atoms with Crippen LogP contribution >= 0.6 is 22.7 Å². The normalized spacial score (nSPS) is 13.8. The van der Waals surface area contributed by atoms with Crippen molar-refractivity contribution in [2.75, 3.05) is 11.1 Å². The Labute approximate surface area is 180 Å². The first kappa shape index (κ1) is 18.8. The number of pyridine rings is 1. The molecule has 150 valence electrons. The van der Waals surface area contributed by atoms with Gasteiger partial charge in [-0.15, -0.1) is 21.5 Å². The number of ketones is 1. The number of nitrogen functional groups attached to an aromatic ring is 1. The lowest BCUT2D eigenvalue weighted by atomic mass is 10.1. The summed E-state index contributed by atoms with van der Waals surface area (Å²) in [5.74, 6) is -0.261. The molecule has 0 bridgehead atoms. The second-order valence-corrected chi connectivity index (χ2v) is 9.02. The summed E-state index contributed by atoms with van der Waals surface area (Å²) in [7, 11) is 0. The molecule has 1 amide bonds. The molecule has 1 aliphatic rings. The van der Waals surface area contributed by atoms with Crippen molar-refractivity contribution in [2.24, 2.45) is 0 Å². The summed E-state index contributed by atoms with van der Waals surface area (Å²) >= 11 is 2.53. The average Bonchev–Trinajstić information content (AvgIpc) is 3.30. The van der Waals surface area contributed by atoms with Crippen molar-refractivity contribution < 1.29 is 9.59 Å². The van der Waals surface area contributed by atoms with Crippen molar-refractivity contribution in [3.63, 3.8) is 0 Å². The predicted octanol–water partition coefficient (Wildman–Crippen LogP) is 4.56. The van der Waals surface area contributed by atoms with Gasteiger partial charge in [-0.1, -0.05) is 41.7 Å². The molecule has 0 saturated heterocycles. The maximum Gasteiger partial charge on any atom is 0.269 e. The molecular weight excluding hydrogens is 418 g/mol. The smallest absolute Gasteiger partial charge is 0.269 e. The molecule has 5 rings (SSSR count). The summed E-state index contributed by atoms with van der Waals surface area (Å²) in [6, 6.07) is 11.4. The van der Waals surface area contributed by atoms with Crippen LogP contribution in [0.2, 0.25) is 0 Å². The number of rotatable bonds is 3. The van der Waals surface area contributed by atoms with Crippen LogP contribution in [-0.4, -0.2) is 26.9 Å². The number of amides is 1. The molecule has 3 heterocycles. The van der Waals surface area contributed by atoms with Gasteiger partial charge in [-0.25, -0.2) is 4.98 Å². The van der Waals surface area contributed by atoms with Gasteiger partial charge in [-0.3, -0.25) is 14.9 Å². The van der Waals surface area contributed by atoms with Crippen molar-refractivity contribution in [3.05, 3.63) is 52.5 Å². The number of nitrogens with one attached hydrogen (secondary N) is 1. The summed E-state index contributed by atoms with van der Waals surface area (Å²) in [5.41, 5.74) is 8.98. The Bertz CT molecular complexity index is 1280. The third-order valence-corrected chi connectivity index (χ3v) is 7.04. The maximum absolute atomic E-state index is 12.9. The summed E-state index contributed by atoms with van der Waals surface area (Å²) < 4.78 is 0. The fourth-order valence-corrected chi connectivity index (χ4v) is 5.25. The van der Waals surface area contributed by atoms with Crippen LogP contribution in [0.1, 0.15) is 45.0 Å². The Hall–Kier alpha value is -3.17. The number of nitrogens with two attached hydrogens (primary N) is 1. The molecule has 3 aromatic heterocycles. The van der Waals surface area contributed by atoms with Crippen molar-refractivity contribution >= 4 is 55.4 Å². The number of carbonyl (C=O) groups excluding carboxylic acids is 2. The molecule has 3 N–H and O–H groups in total. The van der Waals surface area contributed by atoms with Gasteiger partial charge in [0.05, 0.1) is 11.4 Å². The number of anilines is 2. The van der Waals surface area contributed by atoms with Crippen molar-refractivity contribution in [1.29, 1.82) is 0 Å². The number of aromatic nitrogens is 3. The van der Waals surface area contributed by atoms with E-state index in [1.165, 1.54) is 22.7 Å². The largest absolute Gasteiger partial charge is 0.397 e. The Morgan fingerprint density at radius 3 is 2.70 bits per heavy atom. The zero-order chi connectivity index (χ0) is 20.7. The van der Waals surface area contributed by atoms with E-state index in [0.29, 0.717) is 37.9 Å². The van der Waals surface area contributed by atoms with E-state index < -0.39 is 0 Å². The first-order valence-corrected chi connectivity index (χ1v) is 11.2. The fraction of sp³-hybridized carbons (Fsp3) is 0.190. The molecule has 0 aliphatic heterocycles. The van der Waals surface area contributed by atoms with E-state index in [4.69, 9.17) is 5.73 Å². The van der Waals surface area contributed by atoms with E-state index in [1.54, 1.807) is 6.07 Å². The molecule has 30 heavy (non-hydrogen) atoms. The number of thiophene rings is 1. The highest BCUT2D eigenvalue weighted by Gasteiger charge is 2.23. The third kappa shape index (κ3) is 3.35. The van der Waals surface area contributed by atoms with Crippen LogP contribution in [0.4, 0.5) is 10.8 Å². The lowest BCUT2D eigenvalue weighted by Gasteiger charge is -2.04. The number of carbonyl (C=O) groups is 2. The van der Waals surface area contributed by atoms with Crippen LogP contribution in [0.15, 0.2) is 36.4 Å². The van der Waals surface area contributed by atoms with Crippen LogP contribution in [-0.2, 0) is 6.42 Å². The number of hydrogen-bond donors (Lipinski definition) is 2. The summed E-state index contributed by atoms with van der Waals surface area (Å²) in [4.78, 5) is 30.9. The van der Waals surface area contributed by atoms with Crippen LogP contribution in [0.3, 0.4) is 0 Å². The van der Waals surface area contributed by atoms with Crippen LogP contribution in [0.25, 0.3) is 20.8 Å². The van der Waals surface area contributed by atoms with Gasteiger partial charge >= 0.3 is 0 Å². The van der Waals surface area contributed by atoms with Gasteiger partial charge in [0.15, 0.2) is 5.78 Å². The Morgan fingerprint density at radius 2 is 1.87 bits per heavy atom. The molecule has 7 nitrogen and oxygen atoms in total. The van der Waals surface area contributed by atoms with Gasteiger partial charge in [0.25, 0.3) is 5.91 Å². The van der Waals surface area contributed by atoms with Gasteiger partial charge in [0, 0.05) is 22.9 Å². The maximum atomic E-state index is 12.9. The van der Waals surface area contributed by atoms with E-state index in [2.05, 4.69) is 20.5 Å². The first-order valence-electron chi connectivity index (χ1n) is 9.55. The van der Waals surface area contributed by atoms with E-state index in [9.17, 15) is 9.59 Å². The van der Waals surface area contributed by atoms with Crippen molar-refractivity contribution in [1.82, 2.24) is 15.2 Å². The molecule has 0 radical (unpaired) electrons. The topological polar surface area (TPSA) is 111 Å². The number of aryl methyl sites for hydroxylation is 1. The standard InChI is InChI=1S/C21H17N5O2S2/c22-16-13-10-12-14(8-4-5-9-15(12)27)23-20(13)29-17(16)18(28)24-21-26-25-19(30-21)11-6-2-1-3-7-11/h1-3,6-7,10H,4-5,8-9,22H2,(H,24,26,28). The van der Waals surface area contributed by atoms with Crippen molar-refractivity contribution in [3.8, 4) is 10.6 Å². The molecule has 1 aromatic carbocycles. The van der Waals surface area contributed by atoms with Crippen LogP contribution in [0, 0.1) is 0 Å². The first-order chi connectivity index (χ1) is 14.6. The predicted molar refractivity (Wildman–Crippen MR) is 119 cm³/mol. The SMILES string of the molecule is Nc1c(C(=O)Nc2nnc(-c3ccccc3)s2)sc2nc3c(cc12)C(=O)CCCC3.